The molecule has 2 amide bonds. The smallest absolute Gasteiger partial charge is 0.278 e. The molecule has 3 N–H and O–H groups in total. The van der Waals surface area contributed by atoms with E-state index < -0.39 is 0 Å². The fourth-order valence-corrected chi connectivity index (χ4v) is 7.05. The van der Waals surface area contributed by atoms with Crippen LogP contribution in [-0.4, -0.2) is 48.4 Å². The standard InChI is InChI=1S/C21H32N4O2/c22-4-2-6-25(19(26)14-24-5-1-3-18(13-24)20(23)27)21-10-15-7-16(11-21)9-17(8-15)12-21/h15-18H,1-3,5-14H2,(H2,23,27)/p+1/t15?,16?,17?,18-,21?/m0/s1. The van der Waals surface area contributed by atoms with Gasteiger partial charge >= 0.3 is 0 Å². The molecule has 6 nitrogen and oxygen atoms in total. The van der Waals surface area contributed by atoms with E-state index >= 15 is 0 Å². The summed E-state index contributed by atoms with van der Waals surface area (Å²) in [5.74, 6) is 2.17. The molecule has 4 bridgehead atoms. The molecule has 4 aliphatic carbocycles. The molecule has 0 aromatic carbocycles. The number of carbonyl (C=O) groups excluding carboxylic acids is 2. The van der Waals surface area contributed by atoms with Gasteiger partial charge in [-0.05, 0) is 69.1 Å². The molecule has 5 fully saturated rings. The van der Waals surface area contributed by atoms with Gasteiger partial charge in [-0.2, -0.15) is 5.26 Å². The lowest BCUT2D eigenvalue weighted by Crippen LogP contribution is -3.15. The Balaban J connectivity index is 1.48. The number of amides is 2. The second-order valence-electron chi connectivity index (χ2n) is 9.72. The third kappa shape index (κ3) is 3.71. The summed E-state index contributed by atoms with van der Waals surface area (Å²) in [6.07, 6.45) is 9.64. The number of nitrogens with zero attached hydrogens (tertiary/aromatic N) is 2. The molecular weight excluding hydrogens is 340 g/mol. The first-order valence-electron chi connectivity index (χ1n) is 10.8. The predicted octanol–water partition coefficient (Wildman–Crippen LogP) is 0.478. The Hall–Kier alpha value is -1.61. The maximum atomic E-state index is 13.4. The lowest BCUT2D eigenvalue weighted by atomic mass is 9.52. The maximum Gasteiger partial charge on any atom is 0.278 e. The van der Waals surface area contributed by atoms with Crippen molar-refractivity contribution in [1.82, 2.24) is 4.90 Å². The quantitative estimate of drug-likeness (QED) is 0.709. The van der Waals surface area contributed by atoms with Gasteiger partial charge in [0.15, 0.2) is 6.54 Å². The Kier molecular flexibility index (Phi) is 5.15. The molecule has 5 rings (SSSR count). The predicted molar refractivity (Wildman–Crippen MR) is 100 cm³/mol. The van der Waals surface area contributed by atoms with E-state index in [1.54, 1.807) is 0 Å². The average molecular weight is 374 g/mol. The van der Waals surface area contributed by atoms with Crippen LogP contribution >= 0.6 is 0 Å². The minimum Gasteiger partial charge on any atom is -0.369 e. The van der Waals surface area contributed by atoms with Crippen LogP contribution in [-0.2, 0) is 9.59 Å². The van der Waals surface area contributed by atoms with Crippen LogP contribution in [0.1, 0.15) is 57.8 Å². The van der Waals surface area contributed by atoms with Crippen molar-refractivity contribution in [3.8, 4) is 6.07 Å². The van der Waals surface area contributed by atoms with Crippen LogP contribution in [0.4, 0.5) is 0 Å². The number of hydrogen-bond acceptors (Lipinski definition) is 3. The first-order chi connectivity index (χ1) is 13.0. The third-order valence-electron chi connectivity index (χ3n) is 7.75. The van der Waals surface area contributed by atoms with Crippen LogP contribution in [0.3, 0.4) is 0 Å². The molecule has 2 atom stereocenters. The van der Waals surface area contributed by atoms with Gasteiger partial charge < -0.3 is 15.5 Å². The van der Waals surface area contributed by atoms with E-state index in [0.29, 0.717) is 26.1 Å². The zero-order chi connectivity index (χ0) is 19.0. The van der Waals surface area contributed by atoms with Crippen LogP contribution in [0.5, 0.6) is 0 Å². The summed E-state index contributed by atoms with van der Waals surface area (Å²) >= 11 is 0. The van der Waals surface area contributed by atoms with Crippen molar-refractivity contribution in [2.24, 2.45) is 29.4 Å². The second kappa shape index (κ2) is 7.43. The second-order valence-corrected chi connectivity index (χ2v) is 9.72. The fourth-order valence-electron chi connectivity index (χ4n) is 7.05. The van der Waals surface area contributed by atoms with E-state index in [-0.39, 0.29) is 23.3 Å². The number of likely N-dealkylation sites (tertiary alicyclic amines) is 1. The zero-order valence-corrected chi connectivity index (χ0v) is 16.3. The van der Waals surface area contributed by atoms with Gasteiger partial charge in [0, 0.05) is 12.1 Å². The first-order valence-corrected chi connectivity index (χ1v) is 10.8. The van der Waals surface area contributed by atoms with E-state index in [4.69, 9.17) is 11.0 Å². The lowest BCUT2D eigenvalue weighted by molar-refractivity contribution is -0.899. The number of nitrogens with one attached hydrogen (secondary N) is 1. The summed E-state index contributed by atoms with van der Waals surface area (Å²) in [5.41, 5.74) is 5.51. The number of nitriles is 1. The number of nitrogens with two attached hydrogens (primary N) is 1. The van der Waals surface area contributed by atoms with Gasteiger partial charge in [-0.25, -0.2) is 0 Å². The number of quaternary nitrogens is 1. The summed E-state index contributed by atoms with van der Waals surface area (Å²) in [4.78, 5) is 28.3. The Morgan fingerprint density at radius 2 is 1.78 bits per heavy atom. The number of hydrogen-bond donors (Lipinski definition) is 2. The molecule has 1 heterocycles. The van der Waals surface area contributed by atoms with Crippen LogP contribution in [0.25, 0.3) is 0 Å². The minimum absolute atomic E-state index is 0.000990. The van der Waals surface area contributed by atoms with Gasteiger partial charge in [-0.3, -0.25) is 9.59 Å². The topological polar surface area (TPSA) is 91.6 Å². The van der Waals surface area contributed by atoms with Crippen molar-refractivity contribution < 1.29 is 14.5 Å². The highest BCUT2D eigenvalue weighted by molar-refractivity contribution is 5.78. The van der Waals surface area contributed by atoms with Crippen molar-refractivity contribution in [1.29, 1.82) is 5.26 Å². The zero-order valence-electron chi connectivity index (χ0n) is 16.3. The van der Waals surface area contributed by atoms with Gasteiger partial charge in [0.2, 0.25) is 5.91 Å². The highest BCUT2D eigenvalue weighted by Gasteiger charge is 2.54. The molecule has 1 aliphatic heterocycles. The molecule has 0 aromatic heterocycles. The van der Waals surface area contributed by atoms with Gasteiger partial charge in [0.25, 0.3) is 5.91 Å². The van der Waals surface area contributed by atoms with Gasteiger partial charge in [-0.1, -0.05) is 0 Å². The number of piperidine rings is 1. The molecular formula is C21H33N4O2+. The summed E-state index contributed by atoms with van der Waals surface area (Å²) in [5, 5.41) is 9.15. The molecule has 6 heteroatoms. The molecule has 148 valence electrons. The largest absolute Gasteiger partial charge is 0.369 e. The summed E-state index contributed by atoms with van der Waals surface area (Å²) in [7, 11) is 0. The fraction of sp³-hybridized carbons (Fsp3) is 0.857. The summed E-state index contributed by atoms with van der Waals surface area (Å²) in [6.45, 7) is 2.61. The minimum atomic E-state index is -0.234. The number of carbonyl (C=O) groups is 2. The van der Waals surface area contributed by atoms with Gasteiger partial charge in [0.1, 0.15) is 0 Å². The molecule has 0 aromatic rings. The normalized spacial score (nSPS) is 39.7. The molecule has 1 saturated heterocycles. The van der Waals surface area contributed by atoms with E-state index in [9.17, 15) is 9.59 Å². The monoisotopic (exact) mass is 373 g/mol. The van der Waals surface area contributed by atoms with Crippen LogP contribution < -0.4 is 10.6 Å². The van der Waals surface area contributed by atoms with E-state index in [2.05, 4.69) is 11.0 Å². The van der Waals surface area contributed by atoms with Crippen LogP contribution in [0, 0.1) is 35.0 Å². The Bertz CT molecular complexity index is 605. The highest BCUT2D eigenvalue weighted by atomic mass is 16.2. The molecule has 0 radical (unpaired) electrons. The maximum absolute atomic E-state index is 13.4. The van der Waals surface area contributed by atoms with Crippen molar-refractivity contribution in [3.05, 3.63) is 0 Å². The van der Waals surface area contributed by atoms with E-state index in [0.717, 1.165) is 56.4 Å². The third-order valence-corrected chi connectivity index (χ3v) is 7.75. The Labute approximate surface area is 162 Å². The Morgan fingerprint density at radius 3 is 2.33 bits per heavy atom. The first kappa shape index (κ1) is 18.7. The van der Waals surface area contributed by atoms with E-state index in [1.165, 1.54) is 24.2 Å². The van der Waals surface area contributed by atoms with Crippen molar-refractivity contribution in [2.45, 2.75) is 63.3 Å². The molecule has 5 aliphatic rings. The van der Waals surface area contributed by atoms with Crippen LogP contribution in [0.15, 0.2) is 0 Å². The molecule has 27 heavy (non-hydrogen) atoms. The molecule has 0 spiro atoms. The molecule has 1 unspecified atom stereocenters. The lowest BCUT2D eigenvalue weighted by Gasteiger charge is -2.60. The SMILES string of the molecule is N#CCCN(C(=O)C[NH+]1CCC[C@H](C(N)=O)C1)C12CC3CC(CC(C3)C1)C2. The average Bonchev–Trinajstić information content (AvgIpc) is 2.61. The van der Waals surface area contributed by atoms with Crippen molar-refractivity contribution in [2.75, 3.05) is 26.2 Å². The van der Waals surface area contributed by atoms with E-state index in [1.807, 2.05) is 0 Å². The van der Waals surface area contributed by atoms with Gasteiger partial charge in [-0.15, -0.1) is 0 Å². The van der Waals surface area contributed by atoms with Gasteiger partial charge in [0.05, 0.1) is 31.5 Å². The van der Waals surface area contributed by atoms with Crippen LogP contribution in [0.2, 0.25) is 0 Å². The summed E-state index contributed by atoms with van der Waals surface area (Å²) in [6, 6.07) is 2.25. The number of primary amides is 1. The highest BCUT2D eigenvalue weighted by Crippen LogP contribution is 2.57. The molecule has 4 saturated carbocycles. The van der Waals surface area contributed by atoms with Crippen molar-refractivity contribution in [3.63, 3.8) is 0 Å². The number of rotatable bonds is 6. The van der Waals surface area contributed by atoms with Crippen molar-refractivity contribution >= 4 is 11.8 Å². The Morgan fingerprint density at radius 1 is 1.15 bits per heavy atom. The summed E-state index contributed by atoms with van der Waals surface area (Å²) < 4.78 is 0.